The van der Waals surface area contributed by atoms with E-state index in [1.807, 2.05) is 0 Å². The van der Waals surface area contributed by atoms with Crippen molar-refractivity contribution in [2.45, 2.75) is 43.7 Å². The van der Waals surface area contributed by atoms with Crippen LogP contribution in [0.1, 0.15) is 36.8 Å². The van der Waals surface area contributed by atoms with Gasteiger partial charge in [-0.25, -0.2) is 17.5 Å². The Hall–Kier alpha value is -3.63. The molecule has 0 aliphatic heterocycles. The molecule has 0 fully saturated rings. The van der Waals surface area contributed by atoms with Gasteiger partial charge in [0, 0.05) is 35.1 Å². The lowest BCUT2D eigenvalue weighted by molar-refractivity contribution is -0.118. The first-order valence-corrected chi connectivity index (χ1v) is 12.3. The second kappa shape index (κ2) is 10.7. The second-order valence-electron chi connectivity index (χ2n) is 8.93. The third-order valence-corrected chi connectivity index (χ3v) is 6.51. The van der Waals surface area contributed by atoms with Crippen molar-refractivity contribution >= 4 is 27.5 Å². The molecule has 0 bridgehead atoms. The second-order valence-corrected chi connectivity index (χ2v) is 10.6. The fraction of sp³-hybridized carbons (Fsp3) is 0.240. The molecule has 3 aromatic rings. The molecule has 0 aliphatic rings. The van der Waals surface area contributed by atoms with Crippen LogP contribution in [-0.2, 0) is 21.2 Å². The van der Waals surface area contributed by atoms with Crippen molar-refractivity contribution in [3.8, 4) is 0 Å². The van der Waals surface area contributed by atoms with Gasteiger partial charge in [0.15, 0.2) is 0 Å². The minimum absolute atomic E-state index is 0.0556. The number of amides is 2. The number of hydrogen-bond donors (Lipinski definition) is 3. The van der Waals surface area contributed by atoms with Crippen LogP contribution in [0.3, 0.4) is 0 Å². The van der Waals surface area contributed by atoms with Gasteiger partial charge in [0.1, 0.15) is 11.9 Å². The molecule has 10 heteroatoms. The van der Waals surface area contributed by atoms with Crippen LogP contribution in [0.25, 0.3) is 0 Å². The van der Waals surface area contributed by atoms with Gasteiger partial charge in [-0.3, -0.25) is 14.6 Å². The van der Waals surface area contributed by atoms with Crippen LogP contribution >= 0.6 is 0 Å². The van der Waals surface area contributed by atoms with Crippen molar-refractivity contribution in [3.63, 3.8) is 0 Å². The zero-order valence-electron chi connectivity index (χ0n) is 19.6. The third kappa shape index (κ3) is 7.69. The summed E-state index contributed by atoms with van der Waals surface area (Å²) < 4.78 is 40.8. The van der Waals surface area contributed by atoms with E-state index in [1.54, 1.807) is 45.2 Å². The van der Waals surface area contributed by atoms with E-state index in [9.17, 15) is 22.4 Å². The maximum Gasteiger partial charge on any atom is 0.251 e. The maximum atomic E-state index is 13.2. The zero-order valence-corrected chi connectivity index (χ0v) is 20.4. The number of benzene rings is 2. The van der Waals surface area contributed by atoms with E-state index >= 15 is 0 Å². The van der Waals surface area contributed by atoms with E-state index in [1.165, 1.54) is 36.4 Å². The number of hydrogen-bond acceptors (Lipinski definition) is 5. The van der Waals surface area contributed by atoms with E-state index in [2.05, 4.69) is 20.3 Å². The minimum atomic E-state index is -3.72. The Labute approximate surface area is 204 Å². The van der Waals surface area contributed by atoms with Crippen molar-refractivity contribution in [2.75, 3.05) is 5.32 Å². The molecule has 0 saturated carbocycles. The molecule has 0 saturated heterocycles. The highest BCUT2D eigenvalue weighted by Gasteiger charge is 2.24. The van der Waals surface area contributed by atoms with Crippen molar-refractivity contribution in [1.82, 2.24) is 15.0 Å². The molecule has 1 heterocycles. The van der Waals surface area contributed by atoms with Gasteiger partial charge < -0.3 is 10.6 Å². The number of pyridine rings is 1. The summed E-state index contributed by atoms with van der Waals surface area (Å²) in [5, 5.41) is 5.36. The summed E-state index contributed by atoms with van der Waals surface area (Å²) in [7, 11) is -3.72. The molecule has 1 aromatic heterocycles. The Balaban J connectivity index is 1.77. The zero-order chi connectivity index (χ0) is 25.6. The van der Waals surface area contributed by atoms with Gasteiger partial charge in [-0.1, -0.05) is 6.07 Å². The van der Waals surface area contributed by atoms with Gasteiger partial charge in [-0.15, -0.1) is 0 Å². The van der Waals surface area contributed by atoms with Crippen molar-refractivity contribution in [1.29, 1.82) is 0 Å². The molecule has 0 aliphatic carbocycles. The smallest absolute Gasteiger partial charge is 0.251 e. The highest BCUT2D eigenvalue weighted by molar-refractivity contribution is 7.89. The summed E-state index contributed by atoms with van der Waals surface area (Å²) >= 11 is 0. The van der Waals surface area contributed by atoms with Gasteiger partial charge in [-0.05, 0) is 81.4 Å². The van der Waals surface area contributed by atoms with E-state index in [0.717, 1.165) is 12.1 Å². The van der Waals surface area contributed by atoms with Crippen LogP contribution in [0.4, 0.5) is 10.1 Å². The lowest BCUT2D eigenvalue weighted by atomic mass is 10.1. The predicted octanol–water partition coefficient (Wildman–Crippen LogP) is 3.28. The topological polar surface area (TPSA) is 117 Å². The Morgan fingerprint density at radius 3 is 2.20 bits per heavy atom. The third-order valence-electron chi connectivity index (χ3n) is 4.74. The molecule has 8 nitrogen and oxygen atoms in total. The number of anilines is 1. The summed E-state index contributed by atoms with van der Waals surface area (Å²) in [4.78, 5) is 30.0. The molecule has 0 spiro atoms. The summed E-state index contributed by atoms with van der Waals surface area (Å²) in [5.41, 5.74) is 0.493. The fourth-order valence-corrected chi connectivity index (χ4v) is 4.61. The number of aromatic nitrogens is 1. The van der Waals surface area contributed by atoms with Gasteiger partial charge >= 0.3 is 0 Å². The first kappa shape index (κ1) is 26.0. The molecule has 184 valence electrons. The summed E-state index contributed by atoms with van der Waals surface area (Å²) in [6.07, 6.45) is 1.69. The van der Waals surface area contributed by atoms with E-state index in [-0.39, 0.29) is 16.9 Å². The summed E-state index contributed by atoms with van der Waals surface area (Å²) in [6, 6.07) is 14.9. The van der Waals surface area contributed by atoms with Gasteiger partial charge in [0.25, 0.3) is 5.91 Å². The Morgan fingerprint density at radius 2 is 1.63 bits per heavy atom. The fourth-order valence-electron chi connectivity index (χ4n) is 3.19. The molecular formula is C25H27FN4O4S. The summed E-state index contributed by atoms with van der Waals surface area (Å²) in [6.45, 7) is 5.21. The molecule has 2 aromatic carbocycles. The molecule has 3 rings (SSSR count). The Bertz CT molecular complexity index is 1270. The molecule has 3 N–H and O–H groups in total. The molecule has 2 amide bonds. The SMILES string of the molecule is CC(C)(C)NS(=O)(=O)c1ccc(NC(=O)C(Cc2ccccn2)NC(=O)c2ccc(F)cc2)cc1. The molecule has 0 radical (unpaired) electrons. The van der Waals surface area contributed by atoms with Crippen LogP contribution in [0.15, 0.2) is 77.8 Å². The van der Waals surface area contributed by atoms with Gasteiger partial charge in [-0.2, -0.15) is 0 Å². The standard InChI is InChI=1S/C25H27FN4O4S/c1-25(2,3)30-35(33,34)21-13-11-19(12-14-21)28-24(32)22(16-20-6-4-5-15-27-20)29-23(31)17-7-9-18(26)10-8-17/h4-15,22,30H,16H2,1-3H3,(H,28,32)(H,29,31). The van der Waals surface area contributed by atoms with Crippen LogP contribution in [0.5, 0.6) is 0 Å². The molecule has 35 heavy (non-hydrogen) atoms. The molecular weight excluding hydrogens is 471 g/mol. The average molecular weight is 499 g/mol. The monoisotopic (exact) mass is 498 g/mol. The quantitative estimate of drug-likeness (QED) is 0.441. The van der Waals surface area contributed by atoms with Crippen LogP contribution in [0.2, 0.25) is 0 Å². The maximum absolute atomic E-state index is 13.2. The molecule has 1 unspecified atom stereocenters. The average Bonchev–Trinajstić information content (AvgIpc) is 2.78. The number of nitrogens with zero attached hydrogens (tertiary/aromatic N) is 1. The van der Waals surface area contributed by atoms with Crippen LogP contribution < -0.4 is 15.4 Å². The summed E-state index contributed by atoms with van der Waals surface area (Å²) in [5.74, 6) is -1.54. The first-order valence-electron chi connectivity index (χ1n) is 10.8. The van der Waals surface area contributed by atoms with Gasteiger partial charge in [0.2, 0.25) is 15.9 Å². The number of nitrogens with one attached hydrogen (secondary N) is 3. The van der Waals surface area contributed by atoms with Crippen molar-refractivity contribution < 1.29 is 22.4 Å². The number of rotatable bonds is 8. The number of halogens is 1. The lowest BCUT2D eigenvalue weighted by Gasteiger charge is -2.21. The van der Waals surface area contributed by atoms with Crippen molar-refractivity contribution in [2.24, 2.45) is 0 Å². The normalized spacial score (nSPS) is 12.6. The van der Waals surface area contributed by atoms with Crippen molar-refractivity contribution in [3.05, 3.63) is 90.0 Å². The lowest BCUT2D eigenvalue weighted by Crippen LogP contribution is -2.45. The van der Waals surface area contributed by atoms with E-state index < -0.39 is 39.2 Å². The Morgan fingerprint density at radius 1 is 0.971 bits per heavy atom. The predicted molar refractivity (Wildman–Crippen MR) is 131 cm³/mol. The molecule has 1 atom stereocenters. The number of carbonyl (C=O) groups excluding carboxylic acids is 2. The van der Waals surface area contributed by atoms with Crippen LogP contribution in [-0.4, -0.2) is 36.8 Å². The van der Waals surface area contributed by atoms with E-state index in [0.29, 0.717) is 11.4 Å². The number of sulfonamides is 1. The van der Waals surface area contributed by atoms with Gasteiger partial charge in [0.05, 0.1) is 4.90 Å². The first-order chi connectivity index (χ1) is 16.4. The number of carbonyl (C=O) groups is 2. The largest absolute Gasteiger partial charge is 0.340 e. The van der Waals surface area contributed by atoms with Crippen LogP contribution in [0, 0.1) is 5.82 Å². The minimum Gasteiger partial charge on any atom is -0.340 e. The highest BCUT2D eigenvalue weighted by atomic mass is 32.2. The van der Waals surface area contributed by atoms with E-state index in [4.69, 9.17) is 0 Å². The Kier molecular flexibility index (Phi) is 7.98. The highest BCUT2D eigenvalue weighted by Crippen LogP contribution is 2.17.